The van der Waals surface area contributed by atoms with Crippen molar-refractivity contribution in [2.45, 2.75) is 58.7 Å². The van der Waals surface area contributed by atoms with Gasteiger partial charge in [-0.2, -0.15) is 0 Å². The number of nitrogens with one attached hydrogen (secondary N) is 3. The van der Waals surface area contributed by atoms with Crippen LogP contribution in [0.15, 0.2) is 35.3 Å². The van der Waals surface area contributed by atoms with Crippen LogP contribution in [-0.4, -0.2) is 58.5 Å². The van der Waals surface area contributed by atoms with Gasteiger partial charge in [-0.15, -0.1) is 0 Å². The average Bonchev–Trinajstić information content (AvgIpc) is 2.76. The Bertz CT molecular complexity index is 1020. The van der Waals surface area contributed by atoms with Crippen LogP contribution in [-0.2, 0) is 35.3 Å². The van der Waals surface area contributed by atoms with E-state index in [4.69, 9.17) is 9.84 Å². The lowest BCUT2D eigenvalue weighted by atomic mass is 10.0. The molecule has 0 saturated heterocycles. The topological polar surface area (TPSA) is 173 Å². The molecule has 12 nitrogen and oxygen atoms in total. The quantitative estimate of drug-likeness (QED) is 0.226. The first-order valence-electron chi connectivity index (χ1n) is 11.0. The number of allylic oxidation sites excluding steroid dienone is 1. The molecule has 0 aliphatic carbocycles. The molecule has 35 heavy (non-hydrogen) atoms. The van der Waals surface area contributed by atoms with E-state index in [0.717, 1.165) is 10.6 Å². The Morgan fingerprint density at radius 2 is 1.83 bits per heavy atom. The number of carbonyl (C=O) groups is 5. The van der Waals surface area contributed by atoms with E-state index in [1.54, 1.807) is 0 Å². The van der Waals surface area contributed by atoms with E-state index in [2.05, 4.69) is 16.0 Å². The van der Waals surface area contributed by atoms with E-state index in [-0.39, 0.29) is 24.4 Å². The Morgan fingerprint density at radius 3 is 2.40 bits per heavy atom. The smallest absolute Gasteiger partial charge is 0.328 e. The number of anilines is 1. The molecule has 0 spiro atoms. The number of aromatic nitrogens is 1. The maximum Gasteiger partial charge on any atom is 0.328 e. The number of carboxylic acid groups (broad SMARTS) is 1. The van der Waals surface area contributed by atoms with Gasteiger partial charge in [-0.25, -0.2) is 9.59 Å². The molecule has 1 rings (SSSR count). The SMILES string of the molecule is COC(=O)[C@H](CC(C)C)NC(=O)Cn1cccc(NC(=O)C(CCC=CC(=O)O)NC(C)=O)c1=O. The van der Waals surface area contributed by atoms with Gasteiger partial charge in [0.05, 0.1) is 7.11 Å². The second kappa shape index (κ2) is 14.3. The number of rotatable bonds is 13. The summed E-state index contributed by atoms with van der Waals surface area (Å²) < 4.78 is 5.78. The molecule has 1 aromatic heterocycles. The summed E-state index contributed by atoms with van der Waals surface area (Å²) in [5.41, 5.74) is -0.782. The number of aliphatic carboxylic acids is 1. The van der Waals surface area contributed by atoms with Gasteiger partial charge in [-0.1, -0.05) is 19.9 Å². The fourth-order valence-electron chi connectivity index (χ4n) is 3.16. The minimum absolute atomic E-state index is 0.101. The highest BCUT2D eigenvalue weighted by Crippen LogP contribution is 2.07. The molecule has 3 amide bonds. The van der Waals surface area contributed by atoms with Gasteiger partial charge < -0.3 is 30.4 Å². The number of hydrogen-bond donors (Lipinski definition) is 4. The third kappa shape index (κ3) is 10.7. The van der Waals surface area contributed by atoms with Crippen molar-refractivity contribution >= 4 is 35.3 Å². The minimum Gasteiger partial charge on any atom is -0.478 e. The normalized spacial score (nSPS) is 12.6. The number of methoxy groups -OCH3 is 1. The minimum atomic E-state index is -1.14. The predicted octanol–water partition coefficient (Wildman–Crippen LogP) is 0.416. The first kappa shape index (κ1) is 29.1. The van der Waals surface area contributed by atoms with Gasteiger partial charge in [-0.05, 0) is 37.3 Å². The fourth-order valence-corrected chi connectivity index (χ4v) is 3.16. The summed E-state index contributed by atoms with van der Waals surface area (Å²) in [5.74, 6) is -3.36. The van der Waals surface area contributed by atoms with Gasteiger partial charge in [0.2, 0.25) is 17.7 Å². The summed E-state index contributed by atoms with van der Waals surface area (Å²) in [6.45, 7) is 4.59. The van der Waals surface area contributed by atoms with E-state index in [9.17, 15) is 28.8 Å². The lowest BCUT2D eigenvalue weighted by molar-refractivity contribution is -0.145. The lowest BCUT2D eigenvalue weighted by Crippen LogP contribution is -2.45. The monoisotopic (exact) mass is 492 g/mol. The predicted molar refractivity (Wildman–Crippen MR) is 126 cm³/mol. The molecule has 0 saturated carbocycles. The maximum absolute atomic E-state index is 12.8. The molecule has 0 aliphatic rings. The van der Waals surface area contributed by atoms with Crippen molar-refractivity contribution in [2.75, 3.05) is 12.4 Å². The van der Waals surface area contributed by atoms with E-state index in [1.165, 1.54) is 38.4 Å². The number of carbonyl (C=O) groups excluding carboxylic acids is 4. The average molecular weight is 493 g/mol. The van der Waals surface area contributed by atoms with Crippen molar-refractivity contribution in [1.82, 2.24) is 15.2 Å². The second-order valence-electron chi connectivity index (χ2n) is 8.19. The number of hydrogen-bond acceptors (Lipinski definition) is 7. The van der Waals surface area contributed by atoms with Crippen molar-refractivity contribution in [3.05, 3.63) is 40.8 Å². The Balaban J connectivity index is 2.94. The van der Waals surface area contributed by atoms with Crippen molar-refractivity contribution in [1.29, 1.82) is 0 Å². The van der Waals surface area contributed by atoms with Crippen LogP contribution in [0.3, 0.4) is 0 Å². The zero-order chi connectivity index (χ0) is 26.5. The standard InChI is InChI=1S/C23H32N4O8/c1-14(2)12-18(23(34)35-4)25-19(29)13-27-11-7-9-17(22(27)33)26-21(32)16(24-15(3)28)8-5-6-10-20(30)31/h6-7,9-11,14,16,18H,5,8,12-13H2,1-4H3,(H,24,28)(H,25,29)(H,26,32)(H,30,31)/t16?,18-/m0/s1. The summed E-state index contributed by atoms with van der Waals surface area (Å²) >= 11 is 0. The summed E-state index contributed by atoms with van der Waals surface area (Å²) in [7, 11) is 1.22. The first-order chi connectivity index (χ1) is 16.4. The van der Waals surface area contributed by atoms with Crippen molar-refractivity contribution in [3.63, 3.8) is 0 Å². The number of pyridine rings is 1. The molecule has 0 radical (unpaired) electrons. The van der Waals surface area contributed by atoms with Crippen molar-refractivity contribution in [2.24, 2.45) is 5.92 Å². The Morgan fingerprint density at radius 1 is 1.14 bits per heavy atom. The third-order valence-electron chi connectivity index (χ3n) is 4.70. The molecule has 1 heterocycles. The first-order valence-corrected chi connectivity index (χ1v) is 11.0. The van der Waals surface area contributed by atoms with Crippen LogP contribution in [0.25, 0.3) is 0 Å². The molecule has 12 heteroatoms. The van der Waals surface area contributed by atoms with E-state index < -0.39 is 53.8 Å². The number of ether oxygens (including phenoxy) is 1. The zero-order valence-corrected chi connectivity index (χ0v) is 20.2. The number of nitrogens with zero attached hydrogens (tertiary/aromatic N) is 1. The largest absolute Gasteiger partial charge is 0.478 e. The fraction of sp³-hybridized carbons (Fsp3) is 0.478. The molecule has 1 unspecified atom stereocenters. The summed E-state index contributed by atoms with van der Waals surface area (Å²) in [4.78, 5) is 71.9. The summed E-state index contributed by atoms with van der Waals surface area (Å²) in [5, 5.41) is 16.1. The van der Waals surface area contributed by atoms with Gasteiger partial charge >= 0.3 is 11.9 Å². The zero-order valence-electron chi connectivity index (χ0n) is 20.2. The molecule has 2 atom stereocenters. The van der Waals surface area contributed by atoms with Crippen molar-refractivity contribution < 1.29 is 33.8 Å². The van der Waals surface area contributed by atoms with Gasteiger partial charge in [0.1, 0.15) is 24.3 Å². The van der Waals surface area contributed by atoms with Crippen LogP contribution < -0.4 is 21.5 Å². The van der Waals surface area contributed by atoms with Gasteiger partial charge in [-0.3, -0.25) is 19.2 Å². The number of esters is 1. The Kier molecular flexibility index (Phi) is 11.9. The Labute approximate surface area is 202 Å². The van der Waals surface area contributed by atoms with Crippen LogP contribution in [0, 0.1) is 5.92 Å². The van der Waals surface area contributed by atoms with Crippen LogP contribution in [0.5, 0.6) is 0 Å². The molecule has 0 fully saturated rings. The maximum atomic E-state index is 12.8. The lowest BCUT2D eigenvalue weighted by Gasteiger charge is -2.19. The van der Waals surface area contributed by atoms with Crippen LogP contribution in [0.1, 0.15) is 40.0 Å². The summed E-state index contributed by atoms with van der Waals surface area (Å²) in [6.07, 6.45) is 4.28. The Hall–Kier alpha value is -3.96. The molecule has 4 N–H and O–H groups in total. The highest BCUT2D eigenvalue weighted by Gasteiger charge is 2.23. The van der Waals surface area contributed by atoms with Crippen LogP contribution in [0.4, 0.5) is 5.69 Å². The van der Waals surface area contributed by atoms with E-state index in [1.807, 2.05) is 13.8 Å². The second-order valence-corrected chi connectivity index (χ2v) is 8.19. The number of carboxylic acids is 1. The van der Waals surface area contributed by atoms with Crippen molar-refractivity contribution in [3.8, 4) is 0 Å². The highest BCUT2D eigenvalue weighted by molar-refractivity contribution is 5.96. The van der Waals surface area contributed by atoms with Crippen LogP contribution in [0.2, 0.25) is 0 Å². The van der Waals surface area contributed by atoms with Gasteiger partial charge in [0.25, 0.3) is 5.56 Å². The molecule has 0 aromatic carbocycles. The molecule has 0 bridgehead atoms. The highest BCUT2D eigenvalue weighted by atomic mass is 16.5. The molecule has 1 aromatic rings. The number of amides is 3. The van der Waals surface area contributed by atoms with Crippen LogP contribution >= 0.6 is 0 Å². The molecular weight excluding hydrogens is 460 g/mol. The molecular formula is C23H32N4O8. The molecule has 192 valence electrons. The summed E-state index contributed by atoms with van der Waals surface area (Å²) in [6, 6.07) is 0.928. The molecule has 0 aliphatic heterocycles. The third-order valence-corrected chi connectivity index (χ3v) is 4.70. The van der Waals surface area contributed by atoms with Gasteiger partial charge in [0, 0.05) is 19.2 Å². The van der Waals surface area contributed by atoms with E-state index in [0.29, 0.717) is 6.42 Å². The van der Waals surface area contributed by atoms with Gasteiger partial charge in [0.15, 0.2) is 0 Å². The van der Waals surface area contributed by atoms with E-state index >= 15 is 0 Å².